The smallest absolute Gasteiger partial charge is 0.154 e. The molecule has 20 heavy (non-hydrogen) atoms. The van der Waals surface area contributed by atoms with Crippen LogP contribution in [0.25, 0.3) is 0 Å². The number of ether oxygens (including phenoxy) is 1. The summed E-state index contributed by atoms with van der Waals surface area (Å²) in [6, 6.07) is 3.83. The van der Waals surface area contributed by atoms with Crippen LogP contribution >= 0.6 is 11.6 Å². The van der Waals surface area contributed by atoms with Gasteiger partial charge in [-0.2, -0.15) is 0 Å². The Morgan fingerprint density at radius 2 is 2.25 bits per heavy atom. The second-order valence-corrected chi connectivity index (χ2v) is 8.25. The Kier molecular flexibility index (Phi) is 3.93. The molecular formula is C14H18ClNO3S. The summed E-state index contributed by atoms with van der Waals surface area (Å²) in [7, 11) is -2.88. The van der Waals surface area contributed by atoms with Gasteiger partial charge in [-0.05, 0) is 30.5 Å². The monoisotopic (exact) mass is 315 g/mol. The van der Waals surface area contributed by atoms with E-state index in [2.05, 4.69) is 5.32 Å². The van der Waals surface area contributed by atoms with E-state index in [1.54, 1.807) is 0 Å². The summed E-state index contributed by atoms with van der Waals surface area (Å²) >= 11 is 6.10. The maximum absolute atomic E-state index is 11.8. The minimum atomic E-state index is -2.88. The summed E-state index contributed by atoms with van der Waals surface area (Å²) in [6.07, 6.45) is 2.43. The van der Waals surface area contributed by atoms with Gasteiger partial charge in [0.1, 0.15) is 5.75 Å². The van der Waals surface area contributed by atoms with Crippen LogP contribution < -0.4 is 10.1 Å². The molecule has 1 N–H and O–H groups in total. The molecule has 1 fully saturated rings. The summed E-state index contributed by atoms with van der Waals surface area (Å²) in [6.45, 7) is 1.79. The molecule has 2 aliphatic heterocycles. The normalized spacial score (nSPS) is 23.6. The van der Waals surface area contributed by atoms with E-state index in [0.29, 0.717) is 30.5 Å². The average Bonchev–Trinajstić information content (AvgIpc) is 2.96. The molecule has 0 aliphatic carbocycles. The summed E-state index contributed by atoms with van der Waals surface area (Å²) < 4.78 is 29.2. The maximum Gasteiger partial charge on any atom is 0.154 e. The van der Waals surface area contributed by atoms with E-state index in [4.69, 9.17) is 16.3 Å². The van der Waals surface area contributed by atoms with Gasteiger partial charge in [0.05, 0.1) is 17.6 Å². The lowest BCUT2D eigenvalue weighted by molar-refractivity contribution is 0.352. The zero-order valence-electron chi connectivity index (χ0n) is 11.2. The molecule has 0 saturated carbocycles. The number of fused-ring (bicyclic) bond motifs is 1. The number of benzene rings is 1. The van der Waals surface area contributed by atoms with Gasteiger partial charge in [-0.1, -0.05) is 11.6 Å². The van der Waals surface area contributed by atoms with E-state index >= 15 is 0 Å². The Morgan fingerprint density at radius 3 is 3.00 bits per heavy atom. The fraction of sp³-hybridized carbons (Fsp3) is 0.571. The number of sulfone groups is 1. The first-order chi connectivity index (χ1) is 9.56. The van der Waals surface area contributed by atoms with Gasteiger partial charge in [0.15, 0.2) is 9.84 Å². The zero-order chi connectivity index (χ0) is 14.2. The molecule has 0 aromatic heterocycles. The molecule has 1 unspecified atom stereocenters. The van der Waals surface area contributed by atoms with E-state index in [0.717, 1.165) is 36.1 Å². The number of hydrogen-bond donors (Lipinski definition) is 1. The van der Waals surface area contributed by atoms with Crippen molar-refractivity contribution in [3.05, 3.63) is 28.3 Å². The standard InChI is InChI=1S/C14H18ClNO3S/c15-12-6-10-3-4-19-14(10)11(7-12)8-16-9-13-2-1-5-20(13,17)18/h6-7,13,16H,1-5,8-9H2. The molecule has 0 radical (unpaired) electrons. The van der Waals surface area contributed by atoms with Gasteiger partial charge in [0.2, 0.25) is 0 Å². The number of nitrogens with one attached hydrogen (secondary N) is 1. The van der Waals surface area contributed by atoms with E-state index in [1.165, 1.54) is 0 Å². The lowest BCUT2D eigenvalue weighted by Gasteiger charge is -2.13. The first kappa shape index (κ1) is 14.2. The zero-order valence-corrected chi connectivity index (χ0v) is 12.8. The minimum Gasteiger partial charge on any atom is -0.493 e. The molecule has 1 atom stereocenters. The van der Waals surface area contributed by atoms with Gasteiger partial charge in [-0.25, -0.2) is 8.42 Å². The first-order valence-corrected chi connectivity index (χ1v) is 9.02. The van der Waals surface area contributed by atoms with E-state index in [9.17, 15) is 8.42 Å². The van der Waals surface area contributed by atoms with Crippen LogP contribution in [0, 0.1) is 0 Å². The summed E-state index contributed by atoms with van der Waals surface area (Å²) in [5.74, 6) is 1.24. The van der Waals surface area contributed by atoms with Crippen molar-refractivity contribution in [1.29, 1.82) is 0 Å². The Labute approximate surface area is 124 Å². The van der Waals surface area contributed by atoms with Crippen molar-refractivity contribution in [2.45, 2.75) is 31.1 Å². The molecule has 2 aliphatic rings. The average molecular weight is 316 g/mol. The van der Waals surface area contributed by atoms with Crippen molar-refractivity contribution in [3.8, 4) is 5.75 Å². The molecule has 4 nitrogen and oxygen atoms in total. The highest BCUT2D eigenvalue weighted by atomic mass is 35.5. The van der Waals surface area contributed by atoms with Crippen molar-refractivity contribution in [3.63, 3.8) is 0 Å². The quantitative estimate of drug-likeness (QED) is 0.922. The van der Waals surface area contributed by atoms with Crippen LogP contribution in [0.15, 0.2) is 12.1 Å². The molecule has 0 bridgehead atoms. The third kappa shape index (κ3) is 2.80. The molecule has 1 saturated heterocycles. The first-order valence-electron chi connectivity index (χ1n) is 6.92. The van der Waals surface area contributed by atoms with Gasteiger partial charge in [-0.15, -0.1) is 0 Å². The minimum absolute atomic E-state index is 0.240. The predicted octanol–water partition coefficient (Wildman–Crippen LogP) is 1.94. The Morgan fingerprint density at radius 1 is 1.40 bits per heavy atom. The summed E-state index contributed by atoms with van der Waals surface area (Å²) in [5, 5.41) is 3.71. The second kappa shape index (κ2) is 5.54. The lowest BCUT2D eigenvalue weighted by Crippen LogP contribution is -2.30. The summed E-state index contributed by atoms with van der Waals surface area (Å²) in [5.41, 5.74) is 2.16. The molecule has 110 valence electrons. The number of rotatable bonds is 4. The van der Waals surface area contributed by atoms with Gasteiger partial charge < -0.3 is 10.1 Å². The Hall–Kier alpha value is -0.780. The highest BCUT2D eigenvalue weighted by Gasteiger charge is 2.30. The molecule has 6 heteroatoms. The van der Waals surface area contributed by atoms with Gasteiger partial charge in [0.25, 0.3) is 0 Å². The third-order valence-corrected chi connectivity index (χ3v) is 6.47. The SMILES string of the molecule is O=S1(=O)CCCC1CNCc1cc(Cl)cc2c1OCC2. The molecule has 0 amide bonds. The van der Waals surface area contributed by atoms with Crippen molar-refractivity contribution in [2.24, 2.45) is 0 Å². The van der Waals surface area contributed by atoms with Gasteiger partial charge in [-0.3, -0.25) is 0 Å². The molecule has 0 spiro atoms. The van der Waals surface area contributed by atoms with Crippen molar-refractivity contribution in [1.82, 2.24) is 5.32 Å². The van der Waals surface area contributed by atoms with Crippen LogP contribution in [0.5, 0.6) is 5.75 Å². The highest BCUT2D eigenvalue weighted by molar-refractivity contribution is 7.92. The lowest BCUT2D eigenvalue weighted by atomic mass is 10.1. The topological polar surface area (TPSA) is 55.4 Å². The third-order valence-electron chi connectivity index (χ3n) is 3.98. The van der Waals surface area contributed by atoms with Crippen LogP contribution in [0.3, 0.4) is 0 Å². The molecule has 1 aromatic carbocycles. The fourth-order valence-electron chi connectivity index (χ4n) is 2.93. The molecule has 1 aromatic rings. The molecule has 3 rings (SSSR count). The van der Waals surface area contributed by atoms with Crippen LogP contribution in [-0.4, -0.2) is 32.6 Å². The Balaban J connectivity index is 1.65. The van der Waals surface area contributed by atoms with Crippen LogP contribution in [-0.2, 0) is 22.8 Å². The molecular weight excluding hydrogens is 298 g/mol. The van der Waals surface area contributed by atoms with Crippen molar-refractivity contribution < 1.29 is 13.2 Å². The number of halogens is 1. The fourth-order valence-corrected chi connectivity index (χ4v) is 5.00. The predicted molar refractivity (Wildman–Crippen MR) is 79.2 cm³/mol. The van der Waals surface area contributed by atoms with E-state index in [-0.39, 0.29) is 5.25 Å². The van der Waals surface area contributed by atoms with Gasteiger partial charge in [0, 0.05) is 30.1 Å². The van der Waals surface area contributed by atoms with E-state index in [1.807, 2.05) is 12.1 Å². The molecule has 2 heterocycles. The highest BCUT2D eigenvalue weighted by Crippen LogP contribution is 2.32. The largest absolute Gasteiger partial charge is 0.493 e. The number of hydrogen-bond acceptors (Lipinski definition) is 4. The van der Waals surface area contributed by atoms with Crippen molar-refractivity contribution >= 4 is 21.4 Å². The van der Waals surface area contributed by atoms with Crippen LogP contribution in [0.2, 0.25) is 5.02 Å². The maximum atomic E-state index is 11.8. The summed E-state index contributed by atoms with van der Waals surface area (Å²) in [4.78, 5) is 0. The van der Waals surface area contributed by atoms with E-state index < -0.39 is 9.84 Å². The Bertz CT molecular complexity index is 615. The van der Waals surface area contributed by atoms with Crippen LogP contribution in [0.1, 0.15) is 24.0 Å². The second-order valence-electron chi connectivity index (χ2n) is 5.41. The van der Waals surface area contributed by atoms with Crippen LogP contribution in [0.4, 0.5) is 0 Å². The van der Waals surface area contributed by atoms with Gasteiger partial charge >= 0.3 is 0 Å². The van der Waals surface area contributed by atoms with Crippen molar-refractivity contribution in [2.75, 3.05) is 18.9 Å².